The second-order valence-electron chi connectivity index (χ2n) is 6.82. The van der Waals surface area contributed by atoms with Crippen molar-refractivity contribution in [2.75, 3.05) is 18.9 Å². The Morgan fingerprint density at radius 1 is 1.16 bits per heavy atom. The molecule has 0 aliphatic heterocycles. The first-order chi connectivity index (χ1) is 14.6. The first kappa shape index (κ1) is 22.4. The van der Waals surface area contributed by atoms with Crippen LogP contribution in [0.2, 0.25) is 5.02 Å². The molecule has 0 atom stereocenters. The fourth-order valence-electron chi connectivity index (χ4n) is 3.02. The van der Waals surface area contributed by atoms with Gasteiger partial charge in [0.05, 0.1) is 24.0 Å². The van der Waals surface area contributed by atoms with Crippen molar-refractivity contribution < 1.29 is 22.8 Å². The first-order valence-corrected chi connectivity index (χ1v) is 9.48. The number of amides is 2. The number of para-hydroxylation sites is 1. The predicted molar refractivity (Wildman–Crippen MR) is 110 cm³/mol. The Morgan fingerprint density at radius 3 is 2.52 bits per heavy atom. The highest BCUT2D eigenvalue weighted by Crippen LogP contribution is 2.34. The number of anilines is 1. The van der Waals surface area contributed by atoms with Gasteiger partial charge in [-0.05, 0) is 36.8 Å². The molecule has 2 amide bonds. The summed E-state index contributed by atoms with van der Waals surface area (Å²) in [6.45, 7) is 1.18. The lowest BCUT2D eigenvalue weighted by Gasteiger charge is -2.18. The zero-order valence-electron chi connectivity index (χ0n) is 16.6. The number of likely N-dealkylation sites (N-methyl/N-ethyl adjacent to an activating group) is 1. The van der Waals surface area contributed by atoms with Crippen LogP contribution in [0.4, 0.5) is 18.9 Å². The van der Waals surface area contributed by atoms with Crippen LogP contribution < -0.4 is 5.32 Å². The van der Waals surface area contributed by atoms with Crippen LogP contribution in [0.1, 0.15) is 21.6 Å². The zero-order valence-corrected chi connectivity index (χ0v) is 17.3. The fourth-order valence-corrected chi connectivity index (χ4v) is 3.21. The number of halogens is 4. The minimum absolute atomic E-state index is 0.204. The lowest BCUT2D eigenvalue weighted by Crippen LogP contribution is -2.35. The van der Waals surface area contributed by atoms with Gasteiger partial charge in [-0.2, -0.15) is 18.3 Å². The van der Waals surface area contributed by atoms with Crippen molar-refractivity contribution in [2.45, 2.75) is 13.1 Å². The number of rotatable bonds is 5. The monoisotopic (exact) mass is 450 g/mol. The van der Waals surface area contributed by atoms with E-state index in [0.29, 0.717) is 21.0 Å². The lowest BCUT2D eigenvalue weighted by atomic mass is 10.1. The van der Waals surface area contributed by atoms with Crippen LogP contribution in [0.5, 0.6) is 0 Å². The molecular weight excluding hydrogens is 433 g/mol. The van der Waals surface area contributed by atoms with Crippen LogP contribution in [0.25, 0.3) is 5.69 Å². The summed E-state index contributed by atoms with van der Waals surface area (Å²) in [5.41, 5.74) is -0.677. The number of nitrogens with one attached hydrogen (secondary N) is 1. The summed E-state index contributed by atoms with van der Waals surface area (Å²) in [6.07, 6.45) is -3.98. The van der Waals surface area contributed by atoms with Gasteiger partial charge < -0.3 is 10.2 Å². The van der Waals surface area contributed by atoms with Crippen LogP contribution in [0.3, 0.4) is 0 Å². The highest BCUT2D eigenvalue weighted by Gasteiger charge is 2.41. The summed E-state index contributed by atoms with van der Waals surface area (Å²) in [7, 11) is 1.24. The maximum atomic E-state index is 13.8. The van der Waals surface area contributed by atoms with E-state index < -0.39 is 35.8 Å². The number of aryl methyl sites for hydroxylation is 1. The summed E-state index contributed by atoms with van der Waals surface area (Å²) in [5.74, 6) is -1.56. The first-order valence-electron chi connectivity index (χ1n) is 9.10. The van der Waals surface area contributed by atoms with E-state index in [-0.39, 0.29) is 5.69 Å². The van der Waals surface area contributed by atoms with Crippen LogP contribution >= 0.6 is 11.6 Å². The Labute approximate surface area is 181 Å². The van der Waals surface area contributed by atoms with E-state index in [4.69, 9.17) is 11.6 Å². The molecule has 2 aromatic carbocycles. The molecule has 1 aromatic heterocycles. The van der Waals surface area contributed by atoms with E-state index in [0.717, 1.165) is 11.1 Å². The van der Waals surface area contributed by atoms with Gasteiger partial charge in [0.15, 0.2) is 5.69 Å². The van der Waals surface area contributed by atoms with Crippen LogP contribution in [0.15, 0.2) is 54.7 Å². The SMILES string of the molecule is Cc1ccccc1-n1ncc(C(=O)N(C)CC(=O)Nc2cccc(Cl)c2)c1C(F)(F)F. The Balaban J connectivity index is 1.85. The van der Waals surface area contributed by atoms with Crippen molar-refractivity contribution in [3.8, 4) is 5.69 Å². The van der Waals surface area contributed by atoms with Gasteiger partial charge in [-0.25, -0.2) is 4.68 Å². The number of nitrogens with zero attached hydrogens (tertiary/aromatic N) is 3. The molecule has 10 heteroatoms. The van der Waals surface area contributed by atoms with E-state index in [1.807, 2.05) is 0 Å². The number of carbonyl (C=O) groups is 2. The largest absolute Gasteiger partial charge is 0.434 e. The molecule has 1 heterocycles. The highest BCUT2D eigenvalue weighted by molar-refractivity contribution is 6.30. The Morgan fingerprint density at radius 2 is 1.87 bits per heavy atom. The Kier molecular flexibility index (Phi) is 6.35. The number of aromatic nitrogens is 2. The van der Waals surface area contributed by atoms with Crippen molar-refractivity contribution in [1.29, 1.82) is 0 Å². The molecular formula is C21H18ClF3N4O2. The van der Waals surface area contributed by atoms with E-state index in [9.17, 15) is 22.8 Å². The standard InChI is InChI=1S/C21H18ClF3N4O2/c1-13-6-3-4-9-17(13)29-19(21(23,24)25)16(11-26-29)20(31)28(2)12-18(30)27-15-8-5-7-14(22)10-15/h3-11H,12H2,1-2H3,(H,27,30). The summed E-state index contributed by atoms with van der Waals surface area (Å²) in [5, 5.41) is 6.75. The van der Waals surface area contributed by atoms with Gasteiger partial charge in [0.1, 0.15) is 0 Å². The number of alkyl halides is 3. The normalized spacial score (nSPS) is 11.3. The minimum atomic E-state index is -4.84. The maximum Gasteiger partial charge on any atom is 0.434 e. The molecule has 0 radical (unpaired) electrons. The van der Waals surface area contributed by atoms with E-state index in [1.165, 1.54) is 19.2 Å². The van der Waals surface area contributed by atoms with Crippen molar-refractivity contribution in [2.24, 2.45) is 0 Å². The third-order valence-electron chi connectivity index (χ3n) is 4.45. The summed E-state index contributed by atoms with van der Waals surface area (Å²) in [6, 6.07) is 12.7. The van der Waals surface area contributed by atoms with Crippen molar-refractivity contribution in [3.63, 3.8) is 0 Å². The second-order valence-corrected chi connectivity index (χ2v) is 7.26. The summed E-state index contributed by atoms with van der Waals surface area (Å²) in [4.78, 5) is 25.9. The predicted octanol–water partition coefficient (Wildman–Crippen LogP) is 4.56. The van der Waals surface area contributed by atoms with Crippen LogP contribution in [-0.4, -0.2) is 40.1 Å². The molecule has 162 valence electrons. The molecule has 3 rings (SSSR count). The molecule has 0 spiro atoms. The van der Waals surface area contributed by atoms with E-state index >= 15 is 0 Å². The molecule has 0 fully saturated rings. The molecule has 0 unspecified atom stereocenters. The summed E-state index contributed by atoms with van der Waals surface area (Å²) >= 11 is 5.86. The van der Waals surface area contributed by atoms with Crippen molar-refractivity contribution in [1.82, 2.24) is 14.7 Å². The molecule has 1 N–H and O–H groups in total. The van der Waals surface area contributed by atoms with E-state index in [2.05, 4.69) is 10.4 Å². The lowest BCUT2D eigenvalue weighted by molar-refractivity contribution is -0.143. The third-order valence-corrected chi connectivity index (χ3v) is 4.68. The van der Waals surface area contributed by atoms with Gasteiger partial charge in [-0.15, -0.1) is 0 Å². The number of hydrogen-bond acceptors (Lipinski definition) is 3. The molecule has 0 aliphatic rings. The maximum absolute atomic E-state index is 13.8. The quantitative estimate of drug-likeness (QED) is 0.619. The minimum Gasteiger partial charge on any atom is -0.332 e. The number of benzene rings is 2. The number of carbonyl (C=O) groups excluding carboxylic acids is 2. The average molecular weight is 451 g/mol. The van der Waals surface area contributed by atoms with Gasteiger partial charge in [0.25, 0.3) is 5.91 Å². The zero-order chi connectivity index (χ0) is 22.8. The van der Waals surface area contributed by atoms with Crippen molar-refractivity contribution in [3.05, 3.63) is 76.6 Å². The van der Waals surface area contributed by atoms with Gasteiger partial charge in [0.2, 0.25) is 5.91 Å². The highest BCUT2D eigenvalue weighted by atomic mass is 35.5. The second kappa shape index (κ2) is 8.81. The van der Waals surface area contributed by atoms with Gasteiger partial charge in [-0.1, -0.05) is 35.9 Å². The fraction of sp³-hybridized carbons (Fsp3) is 0.190. The molecule has 3 aromatic rings. The number of hydrogen-bond donors (Lipinski definition) is 1. The van der Waals surface area contributed by atoms with Crippen molar-refractivity contribution >= 4 is 29.1 Å². The topological polar surface area (TPSA) is 67.2 Å². The molecule has 31 heavy (non-hydrogen) atoms. The van der Waals surface area contributed by atoms with Gasteiger partial charge in [0, 0.05) is 17.8 Å². The Hall–Kier alpha value is -3.33. The van der Waals surface area contributed by atoms with Gasteiger partial charge >= 0.3 is 6.18 Å². The molecule has 0 aliphatic carbocycles. The van der Waals surface area contributed by atoms with Crippen LogP contribution in [-0.2, 0) is 11.0 Å². The van der Waals surface area contributed by atoms with E-state index in [1.54, 1.807) is 43.3 Å². The molecule has 0 saturated heterocycles. The smallest absolute Gasteiger partial charge is 0.332 e. The molecule has 0 saturated carbocycles. The van der Waals surface area contributed by atoms with Crippen LogP contribution in [0, 0.1) is 6.92 Å². The summed E-state index contributed by atoms with van der Waals surface area (Å²) < 4.78 is 42.2. The molecule has 6 nitrogen and oxygen atoms in total. The average Bonchev–Trinajstić information content (AvgIpc) is 3.13. The Bertz CT molecular complexity index is 1130. The third kappa shape index (κ3) is 5.05. The molecule has 0 bridgehead atoms. The van der Waals surface area contributed by atoms with Gasteiger partial charge in [-0.3, -0.25) is 9.59 Å².